The third-order valence-electron chi connectivity index (χ3n) is 3.58. The van der Waals surface area contributed by atoms with E-state index in [2.05, 4.69) is 20.6 Å². The molecule has 1 heterocycles. The molecular weight excluding hydrogens is 395 g/mol. The molecule has 0 unspecified atom stereocenters. The van der Waals surface area contributed by atoms with E-state index in [1.165, 1.54) is 6.26 Å². The van der Waals surface area contributed by atoms with Crippen molar-refractivity contribution in [1.82, 2.24) is 5.32 Å². The van der Waals surface area contributed by atoms with Crippen molar-refractivity contribution in [2.75, 3.05) is 18.1 Å². The van der Waals surface area contributed by atoms with Crippen LogP contribution in [-0.2, 0) is 16.4 Å². The molecule has 0 spiro atoms. The second-order valence-electron chi connectivity index (χ2n) is 5.75. The van der Waals surface area contributed by atoms with Crippen molar-refractivity contribution in [3.8, 4) is 0 Å². The van der Waals surface area contributed by atoms with E-state index in [1.807, 2.05) is 0 Å². The molecular formula is C17H16Cl2N4O2S. The summed E-state index contributed by atoms with van der Waals surface area (Å²) in [5.41, 5.74) is 1.64. The molecule has 6 nitrogen and oxygen atoms in total. The average Bonchev–Trinajstić information content (AvgIpc) is 2.99. The van der Waals surface area contributed by atoms with Crippen molar-refractivity contribution >= 4 is 50.5 Å². The Kier molecular flexibility index (Phi) is 5.50. The lowest BCUT2D eigenvalue weighted by Gasteiger charge is -2.08. The highest BCUT2D eigenvalue weighted by atomic mass is 35.5. The molecule has 0 bridgehead atoms. The highest BCUT2D eigenvalue weighted by Gasteiger charge is 2.12. The predicted octanol–water partition coefficient (Wildman–Crippen LogP) is 3.37. The maximum atomic E-state index is 11.5. The molecule has 0 saturated heterocycles. The molecule has 0 amide bonds. The molecule has 26 heavy (non-hydrogen) atoms. The maximum absolute atomic E-state index is 11.5. The first-order valence-corrected chi connectivity index (χ1v) is 10.3. The Balaban J connectivity index is 1.59. The third-order valence-corrected chi connectivity index (χ3v) is 5.14. The van der Waals surface area contributed by atoms with E-state index in [0.29, 0.717) is 39.8 Å². The van der Waals surface area contributed by atoms with Gasteiger partial charge in [0, 0.05) is 22.0 Å². The van der Waals surface area contributed by atoms with E-state index >= 15 is 0 Å². The first-order valence-electron chi connectivity index (χ1n) is 7.66. The van der Waals surface area contributed by atoms with Crippen LogP contribution in [0, 0.1) is 0 Å². The summed E-state index contributed by atoms with van der Waals surface area (Å²) >= 11 is 11.9. The maximum Gasteiger partial charge on any atom is 0.201 e. The summed E-state index contributed by atoms with van der Waals surface area (Å²) in [4.78, 5) is 9.08. The monoisotopic (exact) mass is 410 g/mol. The van der Waals surface area contributed by atoms with E-state index < -0.39 is 9.84 Å². The molecule has 2 aromatic rings. The number of halogens is 2. The predicted molar refractivity (Wildman–Crippen MR) is 106 cm³/mol. The van der Waals surface area contributed by atoms with Crippen LogP contribution in [0.3, 0.4) is 0 Å². The standard InChI is InChI=1S/C17H16Cl2N4O2S/c1-26(24,25)15-4-2-11(3-5-15)9-20-16-10-21-17(23-16)22-14-7-12(18)6-13(19)8-14/h2-8H,9-10H2,1H3,(H2,20,21,22,23). The zero-order valence-corrected chi connectivity index (χ0v) is 16.2. The Hall–Kier alpha value is -2.09. The van der Waals surface area contributed by atoms with Crippen LogP contribution in [0.25, 0.3) is 0 Å². The number of sulfone groups is 1. The molecule has 1 aliphatic heterocycles. The zero-order chi connectivity index (χ0) is 18.7. The summed E-state index contributed by atoms with van der Waals surface area (Å²) in [5.74, 6) is 1.28. The van der Waals surface area contributed by atoms with Gasteiger partial charge in [0.05, 0.1) is 11.4 Å². The van der Waals surface area contributed by atoms with Crippen molar-refractivity contribution in [3.63, 3.8) is 0 Å². The summed E-state index contributed by atoms with van der Waals surface area (Å²) in [6.45, 7) is 0.857. The number of hydrogen-bond acceptors (Lipinski definition) is 5. The first kappa shape index (κ1) is 18.7. The lowest BCUT2D eigenvalue weighted by Crippen LogP contribution is -2.30. The van der Waals surface area contributed by atoms with Gasteiger partial charge in [0.2, 0.25) is 5.96 Å². The van der Waals surface area contributed by atoms with Crippen molar-refractivity contribution in [2.45, 2.75) is 11.4 Å². The van der Waals surface area contributed by atoms with Gasteiger partial charge in [0.25, 0.3) is 0 Å². The third kappa shape index (κ3) is 4.97. The molecule has 2 N–H and O–H groups in total. The molecule has 0 saturated carbocycles. The number of benzene rings is 2. The molecule has 9 heteroatoms. The second-order valence-corrected chi connectivity index (χ2v) is 8.64. The Bertz CT molecular complexity index is 966. The van der Waals surface area contributed by atoms with Gasteiger partial charge in [0.1, 0.15) is 12.4 Å². The number of amidine groups is 1. The topological polar surface area (TPSA) is 82.9 Å². The van der Waals surface area contributed by atoms with Gasteiger partial charge in [-0.25, -0.2) is 13.4 Å². The zero-order valence-electron chi connectivity index (χ0n) is 13.8. The fourth-order valence-corrected chi connectivity index (χ4v) is 3.48. The first-order chi connectivity index (χ1) is 12.3. The van der Waals surface area contributed by atoms with Crippen molar-refractivity contribution in [1.29, 1.82) is 0 Å². The lowest BCUT2D eigenvalue weighted by atomic mass is 10.2. The number of guanidine groups is 1. The average molecular weight is 411 g/mol. The van der Waals surface area contributed by atoms with Crippen molar-refractivity contribution in [3.05, 3.63) is 58.1 Å². The minimum atomic E-state index is -3.19. The fraction of sp³-hybridized carbons (Fsp3) is 0.176. The minimum absolute atomic E-state index is 0.294. The van der Waals surface area contributed by atoms with Crippen LogP contribution >= 0.6 is 23.2 Å². The van der Waals surface area contributed by atoms with Gasteiger partial charge in [-0.1, -0.05) is 35.3 Å². The van der Waals surface area contributed by atoms with Crippen LogP contribution in [0.5, 0.6) is 0 Å². The summed E-state index contributed by atoms with van der Waals surface area (Å²) in [6, 6.07) is 11.8. The van der Waals surface area contributed by atoms with E-state index in [0.717, 1.165) is 11.3 Å². The summed E-state index contributed by atoms with van der Waals surface area (Å²) in [5, 5.41) is 7.25. The van der Waals surface area contributed by atoms with Crippen LogP contribution in [-0.4, -0.2) is 33.0 Å². The Labute approximate surface area is 161 Å². The molecule has 0 aromatic heterocycles. The molecule has 2 aromatic carbocycles. The molecule has 0 fully saturated rings. The molecule has 136 valence electrons. The van der Waals surface area contributed by atoms with Gasteiger partial charge < -0.3 is 10.6 Å². The highest BCUT2D eigenvalue weighted by Crippen LogP contribution is 2.22. The number of nitrogens with zero attached hydrogens (tertiary/aromatic N) is 2. The smallest absolute Gasteiger partial charge is 0.201 e. The van der Waals surface area contributed by atoms with Crippen LogP contribution in [0.4, 0.5) is 5.69 Å². The summed E-state index contributed by atoms with van der Waals surface area (Å²) in [7, 11) is -3.19. The number of nitrogens with one attached hydrogen (secondary N) is 2. The highest BCUT2D eigenvalue weighted by molar-refractivity contribution is 7.90. The quantitative estimate of drug-likeness (QED) is 0.808. The SMILES string of the molecule is CS(=O)(=O)c1ccc(CN=C2CN=C(Nc3cc(Cl)cc(Cl)c3)N2)cc1. The molecule has 3 rings (SSSR count). The lowest BCUT2D eigenvalue weighted by molar-refractivity contribution is 0.602. The number of aliphatic imine (C=N–C) groups is 2. The van der Waals surface area contributed by atoms with Gasteiger partial charge in [-0.2, -0.15) is 0 Å². The largest absolute Gasteiger partial charge is 0.326 e. The van der Waals surface area contributed by atoms with Crippen LogP contribution in [0.2, 0.25) is 10.0 Å². The molecule has 0 atom stereocenters. The number of hydrogen-bond donors (Lipinski definition) is 2. The van der Waals surface area contributed by atoms with Gasteiger partial charge in [-0.05, 0) is 35.9 Å². The minimum Gasteiger partial charge on any atom is -0.326 e. The molecule has 0 radical (unpaired) electrons. The molecule has 0 aliphatic carbocycles. The van der Waals surface area contributed by atoms with Crippen LogP contribution in [0.1, 0.15) is 5.56 Å². The summed E-state index contributed by atoms with van der Waals surface area (Å²) in [6.07, 6.45) is 1.18. The van der Waals surface area contributed by atoms with Gasteiger partial charge in [-0.3, -0.25) is 4.99 Å². The van der Waals surface area contributed by atoms with Gasteiger partial charge >= 0.3 is 0 Å². The normalized spacial score (nSPS) is 15.7. The second kappa shape index (κ2) is 7.65. The van der Waals surface area contributed by atoms with E-state index in [1.54, 1.807) is 42.5 Å². The molecule has 1 aliphatic rings. The summed E-state index contributed by atoms with van der Waals surface area (Å²) < 4.78 is 22.9. The number of anilines is 1. The van der Waals surface area contributed by atoms with E-state index in [4.69, 9.17) is 23.2 Å². The van der Waals surface area contributed by atoms with Crippen molar-refractivity contribution < 1.29 is 8.42 Å². The van der Waals surface area contributed by atoms with Gasteiger partial charge in [-0.15, -0.1) is 0 Å². The Morgan fingerprint density at radius 1 is 1.15 bits per heavy atom. The fourth-order valence-electron chi connectivity index (χ4n) is 2.32. The van der Waals surface area contributed by atoms with Crippen LogP contribution < -0.4 is 10.6 Å². The van der Waals surface area contributed by atoms with E-state index in [9.17, 15) is 8.42 Å². The van der Waals surface area contributed by atoms with Crippen molar-refractivity contribution in [2.24, 2.45) is 9.98 Å². The Morgan fingerprint density at radius 2 is 1.81 bits per heavy atom. The van der Waals surface area contributed by atoms with Gasteiger partial charge in [0.15, 0.2) is 9.84 Å². The Morgan fingerprint density at radius 3 is 2.42 bits per heavy atom. The van der Waals surface area contributed by atoms with Crippen LogP contribution in [0.15, 0.2) is 57.3 Å². The number of rotatable bonds is 4. The van der Waals surface area contributed by atoms with E-state index in [-0.39, 0.29) is 0 Å².